The van der Waals surface area contributed by atoms with Crippen LogP contribution in [0.25, 0.3) is 11.3 Å². The monoisotopic (exact) mass is 451 g/mol. The van der Waals surface area contributed by atoms with Gasteiger partial charge in [0, 0.05) is 43.9 Å². The third-order valence-electron chi connectivity index (χ3n) is 5.93. The first-order chi connectivity index (χ1) is 15.0. The molecule has 4 rings (SSSR count). The lowest BCUT2D eigenvalue weighted by Crippen LogP contribution is -2.37. The first-order valence-electron chi connectivity index (χ1n) is 10.7. The number of hydrogen-bond acceptors (Lipinski definition) is 4. The second-order valence-electron chi connectivity index (χ2n) is 8.02. The molecular formula is C22H27ClFN3O4. The third kappa shape index (κ3) is 5.37. The number of rotatable bonds is 6. The average molecular weight is 452 g/mol. The van der Waals surface area contributed by atoms with E-state index in [-0.39, 0.29) is 17.2 Å². The molecular weight excluding hydrogens is 425 g/mol. The number of piperidine rings is 1. The number of aromatic nitrogens is 2. The Morgan fingerprint density at radius 2 is 2.10 bits per heavy atom. The minimum absolute atomic E-state index is 0.0566. The molecule has 0 aliphatic carbocycles. The van der Waals surface area contributed by atoms with Crippen LogP contribution in [0.4, 0.5) is 9.18 Å². The van der Waals surface area contributed by atoms with Gasteiger partial charge in [0.2, 0.25) is 0 Å². The van der Waals surface area contributed by atoms with Gasteiger partial charge in [-0.3, -0.25) is 0 Å². The Kier molecular flexibility index (Phi) is 7.09. The van der Waals surface area contributed by atoms with Crippen LogP contribution >= 0.6 is 11.6 Å². The van der Waals surface area contributed by atoms with Crippen LogP contribution < -0.4 is 0 Å². The summed E-state index contributed by atoms with van der Waals surface area (Å²) in [5, 5.41) is 9.28. The van der Waals surface area contributed by atoms with Crippen LogP contribution in [0.1, 0.15) is 43.8 Å². The summed E-state index contributed by atoms with van der Waals surface area (Å²) in [6, 6.07) is 4.58. The molecule has 1 N–H and O–H groups in total. The molecule has 0 spiro atoms. The summed E-state index contributed by atoms with van der Waals surface area (Å²) in [6.07, 6.45) is 5.40. The fourth-order valence-corrected chi connectivity index (χ4v) is 4.36. The van der Waals surface area contributed by atoms with Gasteiger partial charge in [-0.25, -0.2) is 14.2 Å². The number of ether oxygens (including phenoxy) is 2. The molecule has 2 aliphatic rings. The maximum Gasteiger partial charge on any atom is 0.407 e. The molecule has 3 heterocycles. The number of benzene rings is 1. The van der Waals surface area contributed by atoms with Crippen molar-refractivity contribution in [2.45, 2.75) is 50.9 Å². The lowest BCUT2D eigenvalue weighted by molar-refractivity contribution is -0.163. The first-order valence-corrected chi connectivity index (χ1v) is 11.1. The molecule has 0 bridgehead atoms. The Hall–Kier alpha value is -2.16. The highest BCUT2D eigenvalue weighted by atomic mass is 35.5. The van der Waals surface area contributed by atoms with Gasteiger partial charge in [-0.15, -0.1) is 0 Å². The predicted molar refractivity (Wildman–Crippen MR) is 114 cm³/mol. The summed E-state index contributed by atoms with van der Waals surface area (Å²) in [7, 11) is 0. The highest BCUT2D eigenvalue weighted by Crippen LogP contribution is 2.31. The van der Waals surface area contributed by atoms with Gasteiger partial charge in [0.15, 0.2) is 6.29 Å². The second-order valence-corrected chi connectivity index (χ2v) is 8.42. The summed E-state index contributed by atoms with van der Waals surface area (Å²) in [5.41, 5.74) is 1.46. The molecule has 1 aromatic heterocycles. The van der Waals surface area contributed by atoms with E-state index in [1.54, 1.807) is 12.1 Å². The predicted octanol–water partition coefficient (Wildman–Crippen LogP) is 4.74. The number of halogens is 2. The highest BCUT2D eigenvalue weighted by Gasteiger charge is 2.27. The van der Waals surface area contributed by atoms with E-state index in [0.717, 1.165) is 37.3 Å². The molecule has 7 nitrogen and oxygen atoms in total. The zero-order valence-electron chi connectivity index (χ0n) is 17.3. The molecule has 0 saturated carbocycles. The number of hydrogen-bond donors (Lipinski definition) is 1. The zero-order valence-corrected chi connectivity index (χ0v) is 18.1. The Bertz CT molecular complexity index is 908. The molecule has 1 amide bonds. The van der Waals surface area contributed by atoms with Crippen LogP contribution in [-0.4, -0.2) is 58.2 Å². The topological polar surface area (TPSA) is 76.8 Å². The number of amides is 1. The lowest BCUT2D eigenvalue weighted by Gasteiger charge is -2.30. The maximum atomic E-state index is 13.6. The number of carbonyl (C=O) groups is 1. The van der Waals surface area contributed by atoms with E-state index in [1.165, 1.54) is 11.0 Å². The van der Waals surface area contributed by atoms with Crippen molar-refractivity contribution in [3.8, 4) is 11.3 Å². The quantitative estimate of drug-likeness (QED) is 0.686. The Balaban J connectivity index is 1.51. The van der Waals surface area contributed by atoms with Crippen molar-refractivity contribution < 1.29 is 23.8 Å². The van der Waals surface area contributed by atoms with Crippen molar-refractivity contribution in [1.29, 1.82) is 0 Å². The van der Waals surface area contributed by atoms with Crippen molar-refractivity contribution in [2.24, 2.45) is 0 Å². The molecule has 2 fully saturated rings. The standard InChI is InChI=1S/C22H27ClFN3O4/c23-17-13-16(4-5-18(17)24)19-14-27(10-12-31-20-3-1-2-11-30-20)21(25-19)15-6-8-26(9-7-15)22(28)29/h4-5,13-15,20H,1-3,6-12H2,(H,28,29). The van der Waals surface area contributed by atoms with Gasteiger partial charge in [-0.1, -0.05) is 11.6 Å². The Labute approximate surface area is 185 Å². The van der Waals surface area contributed by atoms with Gasteiger partial charge in [0.1, 0.15) is 11.6 Å². The van der Waals surface area contributed by atoms with Crippen LogP contribution in [0.15, 0.2) is 24.4 Å². The van der Waals surface area contributed by atoms with Crippen molar-refractivity contribution in [2.75, 3.05) is 26.3 Å². The number of imidazole rings is 1. The van der Waals surface area contributed by atoms with Gasteiger partial charge in [-0.05, 0) is 50.3 Å². The molecule has 1 atom stereocenters. The summed E-state index contributed by atoms with van der Waals surface area (Å²) in [6.45, 7) is 2.80. The van der Waals surface area contributed by atoms with Crippen LogP contribution in [-0.2, 0) is 16.0 Å². The molecule has 31 heavy (non-hydrogen) atoms. The highest BCUT2D eigenvalue weighted by molar-refractivity contribution is 6.31. The largest absolute Gasteiger partial charge is 0.465 e. The number of carboxylic acid groups (broad SMARTS) is 1. The van der Waals surface area contributed by atoms with E-state index in [2.05, 4.69) is 4.57 Å². The SMILES string of the molecule is O=C(O)N1CCC(c2nc(-c3ccc(F)c(Cl)c3)cn2CCOC2CCCCO2)CC1. The molecule has 0 radical (unpaired) electrons. The number of likely N-dealkylation sites (tertiary alicyclic amines) is 1. The van der Waals surface area contributed by atoms with E-state index in [0.29, 0.717) is 44.8 Å². The van der Waals surface area contributed by atoms with Crippen LogP contribution in [0, 0.1) is 5.82 Å². The molecule has 9 heteroatoms. The van der Waals surface area contributed by atoms with Crippen molar-refractivity contribution in [3.05, 3.63) is 41.1 Å². The maximum absolute atomic E-state index is 13.6. The number of nitrogens with zero attached hydrogens (tertiary/aromatic N) is 3. The van der Waals surface area contributed by atoms with Crippen molar-refractivity contribution in [1.82, 2.24) is 14.5 Å². The smallest absolute Gasteiger partial charge is 0.407 e. The van der Waals surface area contributed by atoms with Gasteiger partial charge in [-0.2, -0.15) is 0 Å². The molecule has 1 unspecified atom stereocenters. The lowest BCUT2D eigenvalue weighted by atomic mass is 9.96. The van der Waals surface area contributed by atoms with Gasteiger partial charge < -0.3 is 24.0 Å². The molecule has 2 aromatic rings. The normalized spacial score (nSPS) is 20.2. The molecule has 168 valence electrons. The summed E-state index contributed by atoms with van der Waals surface area (Å²) >= 11 is 5.97. The zero-order chi connectivity index (χ0) is 21.8. The molecule has 2 aliphatic heterocycles. The summed E-state index contributed by atoms with van der Waals surface area (Å²) < 4.78 is 27.2. The Morgan fingerprint density at radius 3 is 2.77 bits per heavy atom. The molecule has 1 aromatic carbocycles. The fourth-order valence-electron chi connectivity index (χ4n) is 4.18. The van der Waals surface area contributed by atoms with Gasteiger partial charge >= 0.3 is 6.09 Å². The van der Waals surface area contributed by atoms with E-state index in [1.807, 2.05) is 6.20 Å². The first kappa shape index (κ1) is 22.0. The van der Waals surface area contributed by atoms with E-state index in [4.69, 9.17) is 26.1 Å². The van der Waals surface area contributed by atoms with Gasteiger partial charge in [0.05, 0.1) is 17.3 Å². The fraction of sp³-hybridized carbons (Fsp3) is 0.545. The van der Waals surface area contributed by atoms with Crippen LogP contribution in [0.2, 0.25) is 5.02 Å². The minimum atomic E-state index is -0.885. The van der Waals surface area contributed by atoms with E-state index in [9.17, 15) is 14.3 Å². The van der Waals surface area contributed by atoms with Gasteiger partial charge in [0.25, 0.3) is 0 Å². The van der Waals surface area contributed by atoms with Crippen LogP contribution in [0.5, 0.6) is 0 Å². The minimum Gasteiger partial charge on any atom is -0.465 e. The average Bonchev–Trinajstić information content (AvgIpc) is 3.20. The van der Waals surface area contributed by atoms with Crippen LogP contribution in [0.3, 0.4) is 0 Å². The van der Waals surface area contributed by atoms with E-state index < -0.39 is 11.9 Å². The second kappa shape index (κ2) is 9.97. The van der Waals surface area contributed by atoms with Crippen molar-refractivity contribution >= 4 is 17.7 Å². The molecule has 2 saturated heterocycles. The summed E-state index contributed by atoms with van der Waals surface area (Å²) in [5.74, 6) is 0.576. The van der Waals surface area contributed by atoms with E-state index >= 15 is 0 Å². The summed E-state index contributed by atoms with van der Waals surface area (Å²) in [4.78, 5) is 17.5. The van der Waals surface area contributed by atoms with Crippen molar-refractivity contribution in [3.63, 3.8) is 0 Å². The third-order valence-corrected chi connectivity index (χ3v) is 6.22. The Morgan fingerprint density at radius 1 is 1.29 bits per heavy atom.